The monoisotopic (exact) mass is 480 g/mol. The summed E-state index contributed by atoms with van der Waals surface area (Å²) in [6.07, 6.45) is -3.34. The van der Waals surface area contributed by atoms with Gasteiger partial charge in [-0.2, -0.15) is 18.4 Å². The smallest absolute Gasteiger partial charge is 0.420 e. The molecule has 1 aromatic heterocycles. The van der Waals surface area contributed by atoms with Crippen LogP contribution in [0.5, 0.6) is 17.2 Å². The molecule has 3 aromatic carbocycles. The van der Waals surface area contributed by atoms with Crippen molar-refractivity contribution in [2.24, 2.45) is 0 Å². The Morgan fingerprint density at radius 1 is 1.11 bits per heavy atom. The number of aromatic amines is 1. The number of ether oxygens (including phenoxy) is 2. The maximum absolute atomic E-state index is 13.5. The molecule has 0 aliphatic carbocycles. The topological polar surface area (TPSA) is 114 Å². The molecule has 0 radical (unpaired) electrons. The van der Waals surface area contributed by atoms with Crippen molar-refractivity contribution in [2.75, 3.05) is 7.11 Å². The van der Waals surface area contributed by atoms with Gasteiger partial charge in [-0.05, 0) is 42.0 Å². The highest BCUT2D eigenvalue weighted by molar-refractivity contribution is 5.90. The van der Waals surface area contributed by atoms with Crippen LogP contribution in [0, 0.1) is 21.4 Å². The average molecular weight is 480 g/mol. The molecule has 4 rings (SSSR count). The minimum Gasteiger partial charge on any atom is -0.493 e. The summed E-state index contributed by atoms with van der Waals surface area (Å²) in [5.41, 5.74) is 0.167. The van der Waals surface area contributed by atoms with Crippen molar-refractivity contribution in [3.8, 4) is 23.3 Å². The van der Waals surface area contributed by atoms with Crippen LogP contribution in [0.3, 0.4) is 0 Å². The second-order valence-electron chi connectivity index (χ2n) is 7.22. The number of imidazole rings is 1. The van der Waals surface area contributed by atoms with E-state index in [-0.39, 0.29) is 17.1 Å². The average Bonchev–Trinajstić information content (AvgIpc) is 3.26. The molecule has 4 aromatic rings. The molecule has 0 aliphatic heterocycles. The van der Waals surface area contributed by atoms with Gasteiger partial charge in [0.15, 0.2) is 11.5 Å². The van der Waals surface area contributed by atoms with Gasteiger partial charge in [-0.15, -0.1) is 0 Å². The Bertz CT molecular complexity index is 1470. The Hall–Kier alpha value is -4.85. The summed E-state index contributed by atoms with van der Waals surface area (Å²) in [6.45, 7) is 0. The normalized spacial score (nSPS) is 11.8. The number of nitro benzene ring substituents is 1. The van der Waals surface area contributed by atoms with Crippen molar-refractivity contribution >= 4 is 28.4 Å². The number of nitro groups is 1. The van der Waals surface area contributed by atoms with Crippen LogP contribution >= 0.6 is 0 Å². The van der Waals surface area contributed by atoms with E-state index in [1.54, 1.807) is 6.07 Å². The molecule has 1 heterocycles. The lowest BCUT2D eigenvalue weighted by Gasteiger charge is -2.15. The molecule has 11 heteroatoms. The standard InChI is InChI=1S/C24H15F3N4O4/c1-34-22-11-14(10-15(13-28)23-29-18-4-2-3-5-19(18)30-23)6-8-21(22)35-20-9-7-16(31(32)33)12-17(20)24(25,26)27/h2-12H,1H3,(H,29,30)/b15-10+. The fourth-order valence-electron chi connectivity index (χ4n) is 3.32. The number of nitriles is 1. The molecule has 0 saturated heterocycles. The van der Waals surface area contributed by atoms with Crippen molar-refractivity contribution in [3.05, 3.63) is 87.7 Å². The molecule has 0 saturated carbocycles. The van der Waals surface area contributed by atoms with Gasteiger partial charge in [0.2, 0.25) is 0 Å². The van der Waals surface area contributed by atoms with Gasteiger partial charge in [0.25, 0.3) is 5.69 Å². The first kappa shape index (κ1) is 23.3. The van der Waals surface area contributed by atoms with Crippen LogP contribution in [-0.2, 0) is 6.18 Å². The Balaban J connectivity index is 1.69. The minimum absolute atomic E-state index is 0.0498. The van der Waals surface area contributed by atoms with Gasteiger partial charge >= 0.3 is 6.18 Å². The maximum Gasteiger partial charge on any atom is 0.420 e. The molecular weight excluding hydrogens is 465 g/mol. The number of non-ortho nitro benzene ring substituents is 1. The summed E-state index contributed by atoms with van der Waals surface area (Å²) < 4.78 is 51.1. The Labute approximate surface area is 196 Å². The third-order valence-corrected chi connectivity index (χ3v) is 4.96. The second-order valence-corrected chi connectivity index (χ2v) is 7.22. The summed E-state index contributed by atoms with van der Waals surface area (Å²) >= 11 is 0. The van der Waals surface area contributed by atoms with E-state index >= 15 is 0 Å². The quantitative estimate of drug-likeness (QED) is 0.195. The fourth-order valence-corrected chi connectivity index (χ4v) is 3.32. The Kier molecular flexibility index (Phi) is 6.12. The maximum atomic E-state index is 13.5. The fraction of sp³-hybridized carbons (Fsp3) is 0.0833. The van der Waals surface area contributed by atoms with E-state index in [1.807, 2.05) is 18.2 Å². The zero-order valence-electron chi connectivity index (χ0n) is 18.0. The highest BCUT2D eigenvalue weighted by Gasteiger charge is 2.36. The number of methoxy groups -OCH3 is 1. The van der Waals surface area contributed by atoms with E-state index in [0.29, 0.717) is 23.0 Å². The molecule has 0 unspecified atom stereocenters. The third kappa shape index (κ3) is 4.91. The van der Waals surface area contributed by atoms with E-state index in [4.69, 9.17) is 9.47 Å². The lowest BCUT2D eigenvalue weighted by atomic mass is 10.1. The summed E-state index contributed by atoms with van der Waals surface area (Å²) in [6, 6.07) is 15.9. The van der Waals surface area contributed by atoms with Crippen LogP contribution in [0.4, 0.5) is 18.9 Å². The Morgan fingerprint density at radius 3 is 2.51 bits per heavy atom. The second kappa shape index (κ2) is 9.18. The molecule has 0 fully saturated rings. The number of fused-ring (bicyclic) bond motifs is 1. The lowest BCUT2D eigenvalue weighted by Crippen LogP contribution is -2.08. The van der Waals surface area contributed by atoms with Crippen molar-refractivity contribution in [3.63, 3.8) is 0 Å². The number of para-hydroxylation sites is 2. The van der Waals surface area contributed by atoms with Crippen LogP contribution in [-0.4, -0.2) is 22.0 Å². The zero-order valence-corrected chi connectivity index (χ0v) is 18.0. The molecule has 0 atom stereocenters. The molecule has 0 bridgehead atoms. The molecule has 8 nitrogen and oxygen atoms in total. The van der Waals surface area contributed by atoms with Crippen molar-refractivity contribution < 1.29 is 27.6 Å². The van der Waals surface area contributed by atoms with E-state index < -0.39 is 28.1 Å². The summed E-state index contributed by atoms with van der Waals surface area (Å²) in [5, 5.41) is 20.5. The van der Waals surface area contributed by atoms with Gasteiger partial charge in [0.05, 0.1) is 28.6 Å². The first-order valence-electron chi connectivity index (χ1n) is 9.98. The number of benzene rings is 3. The first-order chi connectivity index (χ1) is 16.7. The number of nitrogens with one attached hydrogen (secondary N) is 1. The van der Waals surface area contributed by atoms with Crippen LogP contribution in [0.1, 0.15) is 17.0 Å². The Morgan fingerprint density at radius 2 is 1.86 bits per heavy atom. The number of aromatic nitrogens is 2. The number of hydrogen-bond donors (Lipinski definition) is 1. The number of allylic oxidation sites excluding steroid dienone is 1. The SMILES string of the molecule is COc1cc(/C=C(\C#N)c2nc3ccccc3[nH]2)ccc1Oc1ccc([N+](=O)[O-])cc1C(F)(F)F. The largest absolute Gasteiger partial charge is 0.493 e. The molecule has 0 spiro atoms. The molecule has 0 aliphatic rings. The van der Waals surface area contributed by atoms with Crippen molar-refractivity contribution in [1.82, 2.24) is 9.97 Å². The summed E-state index contributed by atoms with van der Waals surface area (Å²) in [5.74, 6) is -0.225. The minimum atomic E-state index is -4.88. The van der Waals surface area contributed by atoms with Crippen LogP contribution in [0.15, 0.2) is 60.7 Å². The predicted octanol–water partition coefficient (Wildman–Crippen LogP) is 6.35. The summed E-state index contributed by atoms with van der Waals surface area (Å²) in [7, 11) is 1.31. The van der Waals surface area contributed by atoms with Crippen molar-refractivity contribution in [2.45, 2.75) is 6.18 Å². The number of rotatable bonds is 6. The van der Waals surface area contributed by atoms with Gasteiger partial charge in [-0.1, -0.05) is 18.2 Å². The predicted molar refractivity (Wildman–Crippen MR) is 121 cm³/mol. The molecule has 1 N–H and O–H groups in total. The molecular formula is C24H15F3N4O4. The van der Waals surface area contributed by atoms with Gasteiger partial charge < -0.3 is 14.5 Å². The number of hydrogen-bond acceptors (Lipinski definition) is 6. The number of halogens is 3. The number of alkyl halides is 3. The zero-order chi connectivity index (χ0) is 25.2. The molecule has 35 heavy (non-hydrogen) atoms. The van der Waals surface area contributed by atoms with Crippen LogP contribution < -0.4 is 9.47 Å². The highest BCUT2D eigenvalue weighted by Crippen LogP contribution is 2.42. The van der Waals surface area contributed by atoms with E-state index in [9.17, 15) is 28.5 Å². The van der Waals surface area contributed by atoms with E-state index in [0.717, 1.165) is 17.6 Å². The lowest BCUT2D eigenvalue weighted by molar-refractivity contribution is -0.385. The number of nitrogens with zero attached hydrogens (tertiary/aromatic N) is 3. The molecule has 0 amide bonds. The van der Waals surface area contributed by atoms with Gasteiger partial charge in [-0.25, -0.2) is 4.98 Å². The first-order valence-corrected chi connectivity index (χ1v) is 9.98. The van der Waals surface area contributed by atoms with E-state index in [1.165, 1.54) is 31.4 Å². The summed E-state index contributed by atoms with van der Waals surface area (Å²) in [4.78, 5) is 17.4. The van der Waals surface area contributed by atoms with Crippen LogP contribution in [0.2, 0.25) is 0 Å². The molecule has 176 valence electrons. The highest BCUT2D eigenvalue weighted by atomic mass is 19.4. The van der Waals surface area contributed by atoms with E-state index in [2.05, 4.69) is 16.0 Å². The van der Waals surface area contributed by atoms with Gasteiger partial charge in [0, 0.05) is 12.1 Å². The van der Waals surface area contributed by atoms with Gasteiger partial charge in [0.1, 0.15) is 23.2 Å². The van der Waals surface area contributed by atoms with Crippen molar-refractivity contribution in [1.29, 1.82) is 5.26 Å². The number of H-pyrrole nitrogens is 1. The third-order valence-electron chi connectivity index (χ3n) is 4.96. The van der Waals surface area contributed by atoms with Crippen LogP contribution in [0.25, 0.3) is 22.7 Å². The van der Waals surface area contributed by atoms with Gasteiger partial charge in [-0.3, -0.25) is 10.1 Å².